The van der Waals surface area contributed by atoms with Gasteiger partial charge in [0.25, 0.3) is 0 Å². The minimum Gasteiger partial charge on any atom is -0.387 e. The van der Waals surface area contributed by atoms with E-state index < -0.39 is 6.10 Å². The maximum absolute atomic E-state index is 10.0. The fourth-order valence-corrected chi connectivity index (χ4v) is 2.47. The second-order valence-corrected chi connectivity index (χ2v) is 5.29. The predicted molar refractivity (Wildman–Crippen MR) is 67.5 cm³/mol. The van der Waals surface area contributed by atoms with Crippen molar-refractivity contribution in [2.45, 2.75) is 19.4 Å². The molecular weight excluding hydrogens is 288 g/mol. The molecule has 2 rings (SSSR count). The van der Waals surface area contributed by atoms with E-state index in [9.17, 15) is 5.11 Å². The average Bonchev–Trinajstić information content (AvgIpc) is 2.68. The summed E-state index contributed by atoms with van der Waals surface area (Å²) in [5.74, 6) is 0. The van der Waals surface area contributed by atoms with Gasteiger partial charge in [-0.1, -0.05) is 0 Å². The van der Waals surface area contributed by atoms with Crippen molar-refractivity contribution in [3.63, 3.8) is 0 Å². The lowest BCUT2D eigenvalue weighted by molar-refractivity contribution is 0.180. The quantitative estimate of drug-likeness (QED) is 0.948. The molecule has 16 heavy (non-hydrogen) atoms. The Balaban J connectivity index is 2.10. The summed E-state index contributed by atoms with van der Waals surface area (Å²) in [7, 11) is 0. The highest BCUT2D eigenvalue weighted by atomic mass is 79.9. The summed E-state index contributed by atoms with van der Waals surface area (Å²) in [6.07, 6.45) is 1.75. The van der Waals surface area contributed by atoms with E-state index in [4.69, 9.17) is 0 Å². The number of aromatic nitrogens is 2. The summed E-state index contributed by atoms with van der Waals surface area (Å²) in [6.45, 7) is 1.91. The normalized spacial score (nSPS) is 12.7. The van der Waals surface area contributed by atoms with Crippen molar-refractivity contribution in [2.75, 3.05) is 0 Å². The second-order valence-electron chi connectivity index (χ2n) is 3.49. The molecule has 0 aliphatic carbocycles. The van der Waals surface area contributed by atoms with Gasteiger partial charge in [0.2, 0.25) is 0 Å². The Kier molecular flexibility index (Phi) is 3.68. The van der Waals surface area contributed by atoms with E-state index >= 15 is 0 Å². The van der Waals surface area contributed by atoms with E-state index in [-0.39, 0.29) is 0 Å². The highest BCUT2D eigenvalue weighted by Crippen LogP contribution is 2.24. The highest BCUT2D eigenvalue weighted by molar-refractivity contribution is 9.10. The summed E-state index contributed by atoms with van der Waals surface area (Å²) < 4.78 is 0.944. The summed E-state index contributed by atoms with van der Waals surface area (Å²) in [5.41, 5.74) is 3.53. The highest BCUT2D eigenvalue weighted by Gasteiger charge is 2.14. The molecule has 0 radical (unpaired) electrons. The minimum atomic E-state index is -0.513. The second kappa shape index (κ2) is 5.03. The predicted octanol–water partition coefficient (Wildman–Crippen LogP) is 2.89. The van der Waals surface area contributed by atoms with E-state index in [0.29, 0.717) is 6.42 Å². The Morgan fingerprint density at radius 1 is 1.44 bits per heavy atom. The van der Waals surface area contributed by atoms with Gasteiger partial charge in [-0.05, 0) is 35.0 Å². The summed E-state index contributed by atoms with van der Waals surface area (Å²) in [4.78, 5) is 9.28. The largest absolute Gasteiger partial charge is 0.387 e. The minimum absolute atomic E-state index is 0.513. The van der Waals surface area contributed by atoms with E-state index in [1.165, 1.54) is 11.3 Å². The van der Waals surface area contributed by atoms with Crippen LogP contribution in [0.1, 0.15) is 22.4 Å². The summed E-state index contributed by atoms with van der Waals surface area (Å²) >= 11 is 4.81. The van der Waals surface area contributed by atoms with Crippen molar-refractivity contribution >= 4 is 27.3 Å². The number of pyridine rings is 1. The summed E-state index contributed by atoms with van der Waals surface area (Å²) in [5, 5.41) is 10.0. The topological polar surface area (TPSA) is 46.0 Å². The molecular formula is C11H11BrN2OS. The Morgan fingerprint density at radius 2 is 2.25 bits per heavy atom. The maximum atomic E-state index is 10.0. The molecule has 3 nitrogen and oxygen atoms in total. The van der Waals surface area contributed by atoms with Crippen molar-refractivity contribution in [2.24, 2.45) is 0 Å². The molecule has 0 fully saturated rings. The Bertz CT molecular complexity index is 469. The van der Waals surface area contributed by atoms with Crippen molar-refractivity contribution in [3.8, 4) is 0 Å². The molecule has 2 aromatic heterocycles. The molecule has 1 N–H and O–H groups in total. The zero-order valence-electron chi connectivity index (χ0n) is 8.72. The number of aliphatic hydroxyl groups is 1. The lowest BCUT2D eigenvalue weighted by atomic mass is 10.1. The van der Waals surface area contributed by atoms with Gasteiger partial charge in [0, 0.05) is 22.8 Å². The molecule has 2 aromatic rings. The first kappa shape index (κ1) is 11.7. The molecule has 2 heterocycles. The zero-order valence-corrected chi connectivity index (χ0v) is 11.1. The first-order valence-electron chi connectivity index (χ1n) is 4.85. The van der Waals surface area contributed by atoms with Gasteiger partial charge in [0.15, 0.2) is 0 Å². The van der Waals surface area contributed by atoms with E-state index in [1.807, 2.05) is 19.1 Å². The van der Waals surface area contributed by atoms with Crippen LogP contribution in [-0.2, 0) is 6.42 Å². The SMILES string of the molecule is Cc1ncsc1C(O)Cc1ccc(Br)cn1. The molecule has 0 aromatic carbocycles. The van der Waals surface area contributed by atoms with Gasteiger partial charge in [-0.3, -0.25) is 4.98 Å². The third-order valence-electron chi connectivity index (χ3n) is 2.28. The van der Waals surface area contributed by atoms with Crippen LogP contribution < -0.4 is 0 Å². The van der Waals surface area contributed by atoms with Gasteiger partial charge in [-0.15, -0.1) is 11.3 Å². The van der Waals surface area contributed by atoms with Gasteiger partial charge >= 0.3 is 0 Å². The number of hydrogen-bond donors (Lipinski definition) is 1. The van der Waals surface area contributed by atoms with Crippen LogP contribution in [0.25, 0.3) is 0 Å². The van der Waals surface area contributed by atoms with Gasteiger partial charge < -0.3 is 5.11 Å². The summed E-state index contributed by atoms with van der Waals surface area (Å²) in [6, 6.07) is 3.83. The molecule has 1 atom stereocenters. The van der Waals surface area contributed by atoms with Crippen LogP contribution in [0.15, 0.2) is 28.3 Å². The molecule has 0 aliphatic rings. The molecule has 84 valence electrons. The van der Waals surface area contributed by atoms with Crippen LogP contribution in [-0.4, -0.2) is 15.1 Å². The number of rotatable bonds is 3. The van der Waals surface area contributed by atoms with Crippen LogP contribution in [0.5, 0.6) is 0 Å². The molecule has 5 heteroatoms. The van der Waals surface area contributed by atoms with Gasteiger partial charge in [-0.25, -0.2) is 4.98 Å². The molecule has 0 saturated carbocycles. The average molecular weight is 299 g/mol. The fraction of sp³-hybridized carbons (Fsp3) is 0.273. The molecule has 0 bridgehead atoms. The van der Waals surface area contributed by atoms with Crippen LogP contribution in [0.2, 0.25) is 0 Å². The lowest BCUT2D eigenvalue weighted by Crippen LogP contribution is -2.02. The zero-order chi connectivity index (χ0) is 11.5. The number of nitrogens with zero attached hydrogens (tertiary/aromatic N) is 2. The van der Waals surface area contributed by atoms with Crippen LogP contribution in [0.4, 0.5) is 0 Å². The van der Waals surface area contributed by atoms with Crippen molar-refractivity contribution in [1.29, 1.82) is 0 Å². The van der Waals surface area contributed by atoms with E-state index in [2.05, 4.69) is 25.9 Å². The Labute approximate surface area is 106 Å². The number of aryl methyl sites for hydroxylation is 1. The first-order chi connectivity index (χ1) is 7.66. The lowest BCUT2D eigenvalue weighted by Gasteiger charge is -2.08. The Hall–Kier alpha value is -0.780. The van der Waals surface area contributed by atoms with E-state index in [1.54, 1.807) is 11.7 Å². The van der Waals surface area contributed by atoms with Crippen molar-refractivity contribution < 1.29 is 5.11 Å². The maximum Gasteiger partial charge on any atom is 0.0956 e. The fourth-order valence-electron chi connectivity index (χ4n) is 1.45. The molecule has 1 unspecified atom stereocenters. The molecule has 0 aliphatic heterocycles. The van der Waals surface area contributed by atoms with Gasteiger partial charge in [0.05, 0.1) is 22.2 Å². The van der Waals surface area contributed by atoms with Crippen molar-refractivity contribution in [1.82, 2.24) is 9.97 Å². The Morgan fingerprint density at radius 3 is 2.81 bits per heavy atom. The molecule has 0 spiro atoms. The molecule has 0 saturated heterocycles. The van der Waals surface area contributed by atoms with Crippen LogP contribution in [0, 0.1) is 6.92 Å². The monoisotopic (exact) mass is 298 g/mol. The van der Waals surface area contributed by atoms with Gasteiger partial charge in [-0.2, -0.15) is 0 Å². The van der Waals surface area contributed by atoms with Gasteiger partial charge in [0.1, 0.15) is 0 Å². The number of hydrogen-bond acceptors (Lipinski definition) is 4. The van der Waals surface area contributed by atoms with Crippen molar-refractivity contribution in [3.05, 3.63) is 44.6 Å². The number of thiazole rings is 1. The standard InChI is InChI=1S/C11H11BrN2OS/c1-7-11(16-6-14-7)10(15)4-9-3-2-8(12)5-13-9/h2-3,5-6,10,15H,4H2,1H3. The van der Waals surface area contributed by atoms with E-state index in [0.717, 1.165) is 20.7 Å². The smallest absolute Gasteiger partial charge is 0.0956 e. The third kappa shape index (κ3) is 2.66. The first-order valence-corrected chi connectivity index (χ1v) is 6.52. The number of aliphatic hydroxyl groups excluding tert-OH is 1. The number of halogens is 1. The van der Waals surface area contributed by atoms with Crippen LogP contribution >= 0.6 is 27.3 Å². The molecule has 0 amide bonds. The third-order valence-corrected chi connectivity index (χ3v) is 3.78. The van der Waals surface area contributed by atoms with Crippen LogP contribution in [0.3, 0.4) is 0 Å².